The van der Waals surface area contributed by atoms with Gasteiger partial charge in [-0.15, -0.1) is 0 Å². The molecule has 0 unspecified atom stereocenters. The molecule has 17 heavy (non-hydrogen) atoms. The second-order valence-electron chi connectivity index (χ2n) is 4.21. The monoisotopic (exact) mass is 243 g/mol. The first kappa shape index (κ1) is 13.2. The van der Waals surface area contributed by atoms with Crippen molar-refractivity contribution >= 4 is 5.96 Å². The van der Waals surface area contributed by atoms with Crippen LogP contribution in [0.3, 0.4) is 0 Å². The summed E-state index contributed by atoms with van der Waals surface area (Å²) in [7, 11) is 0. The van der Waals surface area contributed by atoms with E-state index >= 15 is 0 Å². The highest BCUT2D eigenvalue weighted by molar-refractivity contribution is 5.75. The third-order valence-electron chi connectivity index (χ3n) is 1.87. The predicted molar refractivity (Wildman–Crippen MR) is 61.7 cm³/mol. The second-order valence-corrected chi connectivity index (χ2v) is 4.21. The fourth-order valence-electron chi connectivity index (χ4n) is 1.22. The zero-order valence-electron chi connectivity index (χ0n) is 9.71. The van der Waals surface area contributed by atoms with Crippen LogP contribution in [0, 0.1) is 11.6 Å². The number of nitrogens with zero attached hydrogens (tertiary/aromatic N) is 1. The highest BCUT2D eigenvalue weighted by atomic mass is 19.1. The van der Waals surface area contributed by atoms with E-state index in [0.29, 0.717) is 0 Å². The number of rotatable bonds is 4. The normalized spacial score (nSPS) is 11.1. The minimum absolute atomic E-state index is 0.0629. The van der Waals surface area contributed by atoms with Crippen molar-refractivity contribution in [2.24, 2.45) is 16.5 Å². The largest absolute Gasteiger partial charge is 0.486 e. The van der Waals surface area contributed by atoms with E-state index in [1.165, 1.54) is 0 Å². The molecule has 0 aliphatic rings. The van der Waals surface area contributed by atoms with Gasteiger partial charge in [-0.05, 0) is 13.8 Å². The van der Waals surface area contributed by atoms with Crippen LogP contribution in [-0.2, 0) is 0 Å². The zero-order chi connectivity index (χ0) is 13.1. The van der Waals surface area contributed by atoms with E-state index < -0.39 is 17.2 Å². The number of benzene rings is 1. The molecule has 0 spiro atoms. The van der Waals surface area contributed by atoms with Crippen LogP contribution >= 0.6 is 0 Å². The van der Waals surface area contributed by atoms with Crippen molar-refractivity contribution in [1.82, 2.24) is 0 Å². The van der Waals surface area contributed by atoms with Crippen LogP contribution in [0.5, 0.6) is 5.75 Å². The van der Waals surface area contributed by atoms with Crippen molar-refractivity contribution in [3.8, 4) is 5.75 Å². The van der Waals surface area contributed by atoms with E-state index in [1.807, 2.05) is 0 Å². The van der Waals surface area contributed by atoms with Gasteiger partial charge in [0, 0.05) is 18.2 Å². The molecule has 0 saturated heterocycles. The Kier molecular flexibility index (Phi) is 3.88. The number of guanidine groups is 1. The van der Waals surface area contributed by atoms with Gasteiger partial charge < -0.3 is 16.2 Å². The minimum atomic E-state index is -0.760. The molecular formula is C11H15F2N3O. The van der Waals surface area contributed by atoms with Crippen molar-refractivity contribution in [3.63, 3.8) is 0 Å². The van der Waals surface area contributed by atoms with Gasteiger partial charge >= 0.3 is 0 Å². The molecule has 0 radical (unpaired) electrons. The Morgan fingerprint density at radius 2 is 1.76 bits per heavy atom. The molecule has 0 aromatic heterocycles. The molecule has 1 aromatic rings. The maximum absolute atomic E-state index is 12.9. The van der Waals surface area contributed by atoms with Crippen LogP contribution in [0.15, 0.2) is 23.2 Å². The van der Waals surface area contributed by atoms with Crippen LogP contribution in [0.2, 0.25) is 0 Å². The predicted octanol–water partition coefficient (Wildman–Crippen LogP) is 1.40. The number of nitrogens with two attached hydrogens (primary N) is 2. The summed E-state index contributed by atoms with van der Waals surface area (Å²) in [6, 6.07) is 2.97. The van der Waals surface area contributed by atoms with Gasteiger partial charge in [0.05, 0.1) is 6.54 Å². The molecule has 0 fully saturated rings. The average Bonchev–Trinajstić information content (AvgIpc) is 2.12. The smallest absolute Gasteiger partial charge is 0.186 e. The average molecular weight is 243 g/mol. The lowest BCUT2D eigenvalue weighted by atomic mass is 10.1. The van der Waals surface area contributed by atoms with Crippen molar-refractivity contribution in [2.75, 3.05) is 6.54 Å². The molecule has 0 aliphatic heterocycles. The summed E-state index contributed by atoms with van der Waals surface area (Å²) in [5.74, 6) is -1.36. The van der Waals surface area contributed by atoms with E-state index in [9.17, 15) is 8.78 Å². The summed E-state index contributed by atoms with van der Waals surface area (Å²) in [5.41, 5.74) is 9.63. The maximum Gasteiger partial charge on any atom is 0.186 e. The van der Waals surface area contributed by atoms with Crippen LogP contribution in [0.4, 0.5) is 8.78 Å². The molecule has 4 N–H and O–H groups in total. The fourth-order valence-corrected chi connectivity index (χ4v) is 1.22. The second kappa shape index (κ2) is 4.99. The number of hydrogen-bond acceptors (Lipinski definition) is 2. The summed E-state index contributed by atoms with van der Waals surface area (Å²) in [6.45, 7) is 3.61. The SMILES string of the molecule is CC(C)(CN=C(N)N)Oc1cc(F)cc(F)c1. The van der Waals surface area contributed by atoms with E-state index in [-0.39, 0.29) is 18.3 Å². The van der Waals surface area contributed by atoms with Crippen molar-refractivity contribution < 1.29 is 13.5 Å². The Balaban J connectivity index is 2.78. The van der Waals surface area contributed by atoms with Crippen LogP contribution in [-0.4, -0.2) is 18.1 Å². The summed E-state index contributed by atoms with van der Waals surface area (Å²) >= 11 is 0. The maximum atomic E-state index is 12.9. The molecule has 0 saturated carbocycles. The van der Waals surface area contributed by atoms with Gasteiger partial charge in [-0.25, -0.2) is 13.8 Å². The van der Waals surface area contributed by atoms with E-state index in [2.05, 4.69) is 4.99 Å². The Morgan fingerprint density at radius 3 is 2.24 bits per heavy atom. The summed E-state index contributed by atoms with van der Waals surface area (Å²) in [6.07, 6.45) is 0. The number of aliphatic imine (C=N–C) groups is 1. The van der Waals surface area contributed by atoms with Gasteiger partial charge in [-0.3, -0.25) is 0 Å². The summed E-state index contributed by atoms with van der Waals surface area (Å²) in [5, 5.41) is 0. The number of hydrogen-bond donors (Lipinski definition) is 2. The Labute approximate surface area is 98.3 Å². The quantitative estimate of drug-likeness (QED) is 0.620. The molecule has 0 bridgehead atoms. The van der Waals surface area contributed by atoms with E-state index in [1.54, 1.807) is 13.8 Å². The van der Waals surface area contributed by atoms with Crippen molar-refractivity contribution in [2.45, 2.75) is 19.4 Å². The number of ether oxygens (including phenoxy) is 1. The topological polar surface area (TPSA) is 73.6 Å². The fraction of sp³-hybridized carbons (Fsp3) is 0.364. The minimum Gasteiger partial charge on any atom is -0.486 e. The van der Waals surface area contributed by atoms with E-state index in [0.717, 1.165) is 18.2 Å². The lowest BCUT2D eigenvalue weighted by Crippen LogP contribution is -2.34. The van der Waals surface area contributed by atoms with E-state index in [4.69, 9.17) is 16.2 Å². The van der Waals surface area contributed by atoms with Gasteiger partial charge in [0.1, 0.15) is 23.0 Å². The molecule has 94 valence electrons. The third kappa shape index (κ3) is 4.67. The van der Waals surface area contributed by atoms with Crippen molar-refractivity contribution in [3.05, 3.63) is 29.8 Å². The van der Waals surface area contributed by atoms with Gasteiger partial charge in [0.2, 0.25) is 0 Å². The van der Waals surface area contributed by atoms with Gasteiger partial charge in [-0.1, -0.05) is 0 Å². The molecule has 4 nitrogen and oxygen atoms in total. The van der Waals surface area contributed by atoms with Gasteiger partial charge in [-0.2, -0.15) is 0 Å². The molecule has 1 aromatic carbocycles. The molecular weight excluding hydrogens is 228 g/mol. The molecule has 0 aliphatic carbocycles. The summed E-state index contributed by atoms with van der Waals surface area (Å²) < 4.78 is 31.3. The lowest BCUT2D eigenvalue weighted by molar-refractivity contribution is 0.118. The molecule has 0 atom stereocenters. The highest BCUT2D eigenvalue weighted by Gasteiger charge is 2.20. The van der Waals surface area contributed by atoms with Gasteiger partial charge in [0.15, 0.2) is 5.96 Å². The molecule has 6 heteroatoms. The zero-order valence-corrected chi connectivity index (χ0v) is 9.71. The van der Waals surface area contributed by atoms with Gasteiger partial charge in [0.25, 0.3) is 0 Å². The number of halogens is 2. The first-order valence-electron chi connectivity index (χ1n) is 4.99. The lowest BCUT2D eigenvalue weighted by Gasteiger charge is -2.24. The highest BCUT2D eigenvalue weighted by Crippen LogP contribution is 2.21. The van der Waals surface area contributed by atoms with Crippen molar-refractivity contribution in [1.29, 1.82) is 0 Å². The summed E-state index contributed by atoms with van der Waals surface area (Å²) in [4.78, 5) is 3.80. The molecule has 0 heterocycles. The van der Waals surface area contributed by atoms with Crippen LogP contribution < -0.4 is 16.2 Å². The molecule has 1 rings (SSSR count). The first-order chi connectivity index (χ1) is 7.78. The Bertz CT molecular complexity index is 408. The van der Waals surface area contributed by atoms with Crippen LogP contribution in [0.1, 0.15) is 13.8 Å². The van der Waals surface area contributed by atoms with Crippen LogP contribution in [0.25, 0.3) is 0 Å². The standard InChI is InChI=1S/C11H15F2N3O/c1-11(2,6-16-10(14)15)17-9-4-7(12)3-8(13)5-9/h3-5H,6H2,1-2H3,(H4,14,15,16). The molecule has 0 amide bonds. The first-order valence-corrected chi connectivity index (χ1v) is 4.99. The Hall–Kier alpha value is -1.85. The Morgan fingerprint density at radius 1 is 1.24 bits per heavy atom. The third-order valence-corrected chi connectivity index (χ3v) is 1.87.